The average Bonchev–Trinajstić information content (AvgIpc) is 2.83. The zero-order valence-corrected chi connectivity index (χ0v) is 11.4. The summed E-state index contributed by atoms with van der Waals surface area (Å²) in [6.07, 6.45) is 0.692. The summed E-state index contributed by atoms with van der Waals surface area (Å²) in [5.74, 6) is 0.844. The summed E-state index contributed by atoms with van der Waals surface area (Å²) in [5, 5.41) is 9.90. The molecule has 0 aliphatic heterocycles. The number of nitriles is 1. The first-order chi connectivity index (χ1) is 9.33. The molecule has 0 radical (unpaired) electrons. The van der Waals surface area contributed by atoms with Crippen LogP contribution >= 0.6 is 11.3 Å². The molecule has 98 valence electrons. The normalized spacial score (nSPS) is 10.1. The summed E-state index contributed by atoms with van der Waals surface area (Å²) in [5.41, 5.74) is 0.713. The highest BCUT2D eigenvalue weighted by Crippen LogP contribution is 2.19. The Kier molecular flexibility index (Phi) is 4.90. The van der Waals surface area contributed by atoms with Crippen LogP contribution in [0.25, 0.3) is 0 Å². The van der Waals surface area contributed by atoms with Gasteiger partial charge in [0, 0.05) is 13.5 Å². The van der Waals surface area contributed by atoms with Crippen LogP contribution in [-0.2, 0) is 17.8 Å². The topological polar surface area (TPSA) is 55.1 Å². The number of hydrogen-bond acceptors (Lipinski definition) is 5. The summed E-state index contributed by atoms with van der Waals surface area (Å²) >= 11 is 1.40. The van der Waals surface area contributed by atoms with Crippen molar-refractivity contribution in [1.82, 2.24) is 4.98 Å². The summed E-state index contributed by atoms with van der Waals surface area (Å²) in [4.78, 5) is 5.01. The molecule has 1 heterocycles. The van der Waals surface area contributed by atoms with Crippen LogP contribution in [0.15, 0.2) is 30.3 Å². The Hall–Kier alpha value is -1.90. The Balaban J connectivity index is 1.91. The highest BCUT2D eigenvalue weighted by atomic mass is 32.1. The van der Waals surface area contributed by atoms with E-state index in [1.807, 2.05) is 30.3 Å². The van der Waals surface area contributed by atoms with Gasteiger partial charge in [0.05, 0.1) is 23.9 Å². The van der Waals surface area contributed by atoms with Gasteiger partial charge in [0.2, 0.25) is 0 Å². The van der Waals surface area contributed by atoms with E-state index < -0.39 is 0 Å². The van der Waals surface area contributed by atoms with Gasteiger partial charge >= 0.3 is 0 Å². The minimum Gasteiger partial charge on any atom is -0.493 e. The zero-order chi connectivity index (χ0) is 13.5. The highest BCUT2D eigenvalue weighted by molar-refractivity contribution is 7.12. The van der Waals surface area contributed by atoms with Gasteiger partial charge in [-0.05, 0) is 12.1 Å². The van der Waals surface area contributed by atoms with E-state index in [4.69, 9.17) is 14.7 Å². The van der Waals surface area contributed by atoms with E-state index in [2.05, 4.69) is 11.1 Å². The van der Waals surface area contributed by atoms with Crippen LogP contribution in [0.4, 0.5) is 0 Å². The summed E-state index contributed by atoms with van der Waals surface area (Å²) in [7, 11) is 1.60. The number of methoxy groups -OCH3 is 1. The van der Waals surface area contributed by atoms with Crippen molar-refractivity contribution in [2.75, 3.05) is 13.7 Å². The lowest BCUT2D eigenvalue weighted by molar-refractivity contribution is 0.181. The van der Waals surface area contributed by atoms with Gasteiger partial charge in [0.1, 0.15) is 16.7 Å². The molecule has 0 bridgehead atoms. The number of nitrogens with zero attached hydrogens (tertiary/aromatic N) is 2. The number of para-hydroxylation sites is 1. The van der Waals surface area contributed by atoms with Gasteiger partial charge in [-0.2, -0.15) is 5.26 Å². The van der Waals surface area contributed by atoms with Gasteiger partial charge < -0.3 is 9.47 Å². The average molecular weight is 274 g/mol. The fraction of sp³-hybridized carbons (Fsp3) is 0.286. The molecule has 0 spiro atoms. The summed E-state index contributed by atoms with van der Waals surface area (Å²) in [6, 6.07) is 11.8. The van der Waals surface area contributed by atoms with Gasteiger partial charge in [-0.1, -0.05) is 18.2 Å². The van der Waals surface area contributed by atoms with Crippen molar-refractivity contribution in [3.05, 3.63) is 45.9 Å². The SMILES string of the molecule is COCc1nc(CCOc2ccccc2)sc1C#N. The molecular weight excluding hydrogens is 260 g/mol. The largest absolute Gasteiger partial charge is 0.493 e. The fourth-order valence-electron chi connectivity index (χ4n) is 1.60. The van der Waals surface area contributed by atoms with Gasteiger partial charge in [0.15, 0.2) is 0 Å². The van der Waals surface area contributed by atoms with Crippen LogP contribution in [0.3, 0.4) is 0 Å². The molecule has 0 fully saturated rings. The van der Waals surface area contributed by atoms with Crippen molar-refractivity contribution in [2.45, 2.75) is 13.0 Å². The first kappa shape index (κ1) is 13.5. The second kappa shape index (κ2) is 6.88. The zero-order valence-electron chi connectivity index (χ0n) is 10.6. The molecule has 2 rings (SSSR count). The third kappa shape index (κ3) is 3.78. The third-order valence-corrected chi connectivity index (χ3v) is 3.51. The Bertz CT molecular complexity index is 561. The molecule has 19 heavy (non-hydrogen) atoms. The van der Waals surface area contributed by atoms with Crippen molar-refractivity contribution < 1.29 is 9.47 Å². The Morgan fingerprint density at radius 1 is 1.32 bits per heavy atom. The fourth-order valence-corrected chi connectivity index (χ4v) is 2.45. The molecule has 0 atom stereocenters. The maximum atomic E-state index is 9.00. The molecule has 0 unspecified atom stereocenters. The Morgan fingerprint density at radius 2 is 2.11 bits per heavy atom. The molecule has 0 amide bonds. The van der Waals surface area contributed by atoms with Crippen molar-refractivity contribution in [3.8, 4) is 11.8 Å². The maximum Gasteiger partial charge on any atom is 0.130 e. The molecule has 0 aliphatic rings. The van der Waals surface area contributed by atoms with E-state index in [0.717, 1.165) is 10.8 Å². The molecule has 1 aromatic heterocycles. The predicted molar refractivity (Wildman–Crippen MR) is 73.2 cm³/mol. The predicted octanol–water partition coefficient (Wildman–Crippen LogP) is 2.78. The molecule has 1 aromatic carbocycles. The number of thiazole rings is 1. The van der Waals surface area contributed by atoms with E-state index in [1.165, 1.54) is 11.3 Å². The maximum absolute atomic E-state index is 9.00. The molecule has 0 saturated carbocycles. The van der Waals surface area contributed by atoms with Crippen LogP contribution in [0.2, 0.25) is 0 Å². The van der Waals surface area contributed by atoms with Crippen LogP contribution < -0.4 is 4.74 Å². The van der Waals surface area contributed by atoms with Crippen LogP contribution in [0, 0.1) is 11.3 Å². The first-order valence-corrected chi connectivity index (χ1v) is 6.70. The van der Waals surface area contributed by atoms with Crippen LogP contribution in [0.5, 0.6) is 5.75 Å². The van der Waals surface area contributed by atoms with E-state index in [-0.39, 0.29) is 0 Å². The Morgan fingerprint density at radius 3 is 2.79 bits per heavy atom. The monoisotopic (exact) mass is 274 g/mol. The molecule has 0 saturated heterocycles. The van der Waals surface area contributed by atoms with Crippen molar-refractivity contribution in [2.24, 2.45) is 0 Å². The smallest absolute Gasteiger partial charge is 0.130 e. The number of ether oxygens (including phenoxy) is 2. The third-order valence-electron chi connectivity index (χ3n) is 2.45. The minimum atomic E-state index is 0.374. The molecule has 2 aromatic rings. The second-order valence-corrected chi connectivity index (χ2v) is 4.92. The molecule has 5 heteroatoms. The molecular formula is C14H14N2O2S. The Labute approximate surface area is 116 Å². The molecule has 0 aliphatic carbocycles. The van der Waals surface area contributed by atoms with Gasteiger partial charge in [-0.3, -0.25) is 0 Å². The summed E-state index contributed by atoms with van der Waals surface area (Å²) in [6.45, 7) is 0.924. The minimum absolute atomic E-state index is 0.374. The van der Waals surface area contributed by atoms with E-state index in [9.17, 15) is 0 Å². The van der Waals surface area contributed by atoms with E-state index in [0.29, 0.717) is 30.2 Å². The van der Waals surface area contributed by atoms with E-state index >= 15 is 0 Å². The molecule has 4 nitrogen and oxygen atoms in total. The van der Waals surface area contributed by atoms with Crippen molar-refractivity contribution in [3.63, 3.8) is 0 Å². The number of rotatable bonds is 6. The van der Waals surface area contributed by atoms with Crippen LogP contribution in [0.1, 0.15) is 15.6 Å². The van der Waals surface area contributed by atoms with Crippen LogP contribution in [-0.4, -0.2) is 18.7 Å². The lowest BCUT2D eigenvalue weighted by Crippen LogP contribution is -2.01. The van der Waals surface area contributed by atoms with E-state index in [1.54, 1.807) is 7.11 Å². The lowest BCUT2D eigenvalue weighted by Gasteiger charge is -2.03. The summed E-state index contributed by atoms with van der Waals surface area (Å²) < 4.78 is 10.6. The van der Waals surface area contributed by atoms with Crippen molar-refractivity contribution in [1.29, 1.82) is 5.26 Å². The number of benzene rings is 1. The molecule has 0 N–H and O–H groups in total. The lowest BCUT2D eigenvalue weighted by atomic mass is 10.3. The number of aromatic nitrogens is 1. The standard InChI is InChI=1S/C14H14N2O2S/c1-17-10-12-13(9-15)19-14(16-12)7-8-18-11-5-3-2-4-6-11/h2-6H,7-8,10H2,1H3. The highest BCUT2D eigenvalue weighted by Gasteiger charge is 2.10. The first-order valence-electron chi connectivity index (χ1n) is 5.89. The number of hydrogen-bond donors (Lipinski definition) is 0. The van der Waals surface area contributed by atoms with Gasteiger partial charge in [-0.25, -0.2) is 4.98 Å². The quantitative estimate of drug-likeness (QED) is 0.812. The van der Waals surface area contributed by atoms with Gasteiger partial charge in [0.25, 0.3) is 0 Å². The van der Waals surface area contributed by atoms with Gasteiger partial charge in [-0.15, -0.1) is 11.3 Å². The second-order valence-electron chi connectivity index (χ2n) is 3.84. The van der Waals surface area contributed by atoms with Crippen molar-refractivity contribution >= 4 is 11.3 Å².